The number of pyridine rings is 1. The summed E-state index contributed by atoms with van der Waals surface area (Å²) < 4.78 is 0. The maximum atomic E-state index is 12.5. The van der Waals surface area contributed by atoms with Crippen molar-refractivity contribution in [2.24, 2.45) is 0 Å². The van der Waals surface area contributed by atoms with E-state index in [-0.39, 0.29) is 5.78 Å². The average molecular weight is 253 g/mol. The zero-order valence-electron chi connectivity index (χ0n) is 11.5. The first kappa shape index (κ1) is 13.5. The van der Waals surface area contributed by atoms with Crippen LogP contribution in [0.25, 0.3) is 0 Å². The SMILES string of the molecule is CCCc1cccc(C(=O)c2ncccc2CC)c1. The monoisotopic (exact) mass is 253 g/mol. The fourth-order valence-electron chi connectivity index (χ4n) is 2.22. The van der Waals surface area contributed by atoms with E-state index in [4.69, 9.17) is 0 Å². The van der Waals surface area contributed by atoms with Gasteiger partial charge in [-0.25, -0.2) is 0 Å². The molecular weight excluding hydrogens is 234 g/mol. The summed E-state index contributed by atoms with van der Waals surface area (Å²) in [4.78, 5) is 16.8. The molecule has 0 spiro atoms. The van der Waals surface area contributed by atoms with Gasteiger partial charge in [0.1, 0.15) is 5.69 Å². The molecule has 0 atom stereocenters. The van der Waals surface area contributed by atoms with E-state index in [1.54, 1.807) is 6.20 Å². The second kappa shape index (κ2) is 6.28. The molecule has 98 valence electrons. The number of benzene rings is 1. The van der Waals surface area contributed by atoms with E-state index in [9.17, 15) is 4.79 Å². The topological polar surface area (TPSA) is 30.0 Å². The van der Waals surface area contributed by atoms with E-state index in [2.05, 4.69) is 18.0 Å². The van der Waals surface area contributed by atoms with Crippen LogP contribution in [0.1, 0.15) is 47.4 Å². The smallest absolute Gasteiger partial charge is 0.211 e. The Morgan fingerprint density at radius 1 is 1.16 bits per heavy atom. The van der Waals surface area contributed by atoms with Crippen molar-refractivity contribution in [1.82, 2.24) is 4.98 Å². The van der Waals surface area contributed by atoms with Crippen LogP contribution in [0.15, 0.2) is 42.6 Å². The highest BCUT2D eigenvalue weighted by Crippen LogP contribution is 2.15. The first-order valence-corrected chi connectivity index (χ1v) is 6.83. The molecule has 0 saturated carbocycles. The van der Waals surface area contributed by atoms with Crippen LogP contribution in [0.2, 0.25) is 0 Å². The van der Waals surface area contributed by atoms with E-state index in [0.29, 0.717) is 5.69 Å². The summed E-state index contributed by atoms with van der Waals surface area (Å²) in [7, 11) is 0. The fourth-order valence-corrected chi connectivity index (χ4v) is 2.22. The van der Waals surface area contributed by atoms with Gasteiger partial charge in [-0.2, -0.15) is 0 Å². The molecule has 0 unspecified atom stereocenters. The number of aromatic nitrogens is 1. The van der Waals surface area contributed by atoms with Crippen molar-refractivity contribution in [2.45, 2.75) is 33.1 Å². The van der Waals surface area contributed by atoms with Crippen LogP contribution in [0.5, 0.6) is 0 Å². The Morgan fingerprint density at radius 2 is 2.00 bits per heavy atom. The lowest BCUT2D eigenvalue weighted by Gasteiger charge is -2.07. The molecule has 1 aromatic carbocycles. The summed E-state index contributed by atoms with van der Waals surface area (Å²) in [6.07, 6.45) is 4.59. The molecule has 2 heteroatoms. The van der Waals surface area contributed by atoms with Gasteiger partial charge < -0.3 is 0 Å². The van der Waals surface area contributed by atoms with Gasteiger partial charge in [-0.1, -0.05) is 44.5 Å². The van der Waals surface area contributed by atoms with Crippen LogP contribution in [0.3, 0.4) is 0 Å². The summed E-state index contributed by atoms with van der Waals surface area (Å²) in [5, 5.41) is 0. The van der Waals surface area contributed by atoms with Crippen LogP contribution in [-0.4, -0.2) is 10.8 Å². The molecule has 2 aromatic rings. The molecule has 19 heavy (non-hydrogen) atoms. The second-order valence-electron chi connectivity index (χ2n) is 4.64. The van der Waals surface area contributed by atoms with Crippen molar-refractivity contribution in [3.05, 3.63) is 65.0 Å². The fraction of sp³-hybridized carbons (Fsp3) is 0.294. The van der Waals surface area contributed by atoms with Gasteiger partial charge in [0.15, 0.2) is 0 Å². The molecule has 0 fully saturated rings. The third kappa shape index (κ3) is 3.08. The molecule has 0 amide bonds. The molecule has 1 aromatic heterocycles. The van der Waals surface area contributed by atoms with Gasteiger partial charge in [-0.3, -0.25) is 9.78 Å². The molecule has 0 radical (unpaired) electrons. The normalized spacial score (nSPS) is 10.4. The summed E-state index contributed by atoms with van der Waals surface area (Å²) in [6, 6.07) is 11.7. The van der Waals surface area contributed by atoms with Crippen molar-refractivity contribution in [1.29, 1.82) is 0 Å². The van der Waals surface area contributed by atoms with E-state index in [1.165, 1.54) is 5.56 Å². The molecule has 2 nitrogen and oxygen atoms in total. The molecule has 0 saturated heterocycles. The minimum Gasteiger partial charge on any atom is -0.287 e. The van der Waals surface area contributed by atoms with E-state index in [0.717, 1.165) is 30.4 Å². The third-order valence-electron chi connectivity index (χ3n) is 3.22. The lowest BCUT2D eigenvalue weighted by atomic mass is 9.99. The maximum absolute atomic E-state index is 12.5. The minimum absolute atomic E-state index is 0.0235. The largest absolute Gasteiger partial charge is 0.287 e. The minimum atomic E-state index is 0.0235. The molecule has 1 heterocycles. The Kier molecular flexibility index (Phi) is 4.45. The standard InChI is InChI=1S/C17H19NO/c1-3-7-13-8-5-9-15(12-13)17(19)16-14(4-2)10-6-11-18-16/h5-6,8-12H,3-4,7H2,1-2H3. The highest BCUT2D eigenvalue weighted by atomic mass is 16.1. The Bertz CT molecular complexity index is 575. The van der Waals surface area contributed by atoms with Gasteiger partial charge in [0.25, 0.3) is 0 Å². The maximum Gasteiger partial charge on any atom is 0.211 e. The number of hydrogen-bond donors (Lipinski definition) is 0. The van der Waals surface area contributed by atoms with Crippen LogP contribution in [0, 0.1) is 0 Å². The van der Waals surface area contributed by atoms with Crippen molar-refractivity contribution in [3.63, 3.8) is 0 Å². The lowest BCUT2D eigenvalue weighted by molar-refractivity contribution is 0.103. The summed E-state index contributed by atoms with van der Waals surface area (Å²) in [6.45, 7) is 4.18. The highest BCUT2D eigenvalue weighted by Gasteiger charge is 2.14. The van der Waals surface area contributed by atoms with Crippen LogP contribution in [0.4, 0.5) is 0 Å². The van der Waals surface area contributed by atoms with Crippen LogP contribution in [-0.2, 0) is 12.8 Å². The lowest BCUT2D eigenvalue weighted by Crippen LogP contribution is -2.08. The number of aryl methyl sites for hydroxylation is 2. The van der Waals surface area contributed by atoms with Crippen LogP contribution >= 0.6 is 0 Å². The zero-order valence-corrected chi connectivity index (χ0v) is 11.5. The van der Waals surface area contributed by atoms with Crippen LogP contribution < -0.4 is 0 Å². The first-order chi connectivity index (χ1) is 9.26. The number of nitrogens with zero attached hydrogens (tertiary/aromatic N) is 1. The van der Waals surface area contributed by atoms with Crippen molar-refractivity contribution in [2.75, 3.05) is 0 Å². The Labute approximate surface area is 114 Å². The van der Waals surface area contributed by atoms with Gasteiger partial charge in [-0.05, 0) is 36.1 Å². The molecule has 0 N–H and O–H groups in total. The van der Waals surface area contributed by atoms with E-state index >= 15 is 0 Å². The quantitative estimate of drug-likeness (QED) is 0.758. The number of carbonyl (C=O) groups is 1. The molecular formula is C17H19NO. The third-order valence-corrected chi connectivity index (χ3v) is 3.22. The average Bonchev–Trinajstić information content (AvgIpc) is 2.47. The van der Waals surface area contributed by atoms with Gasteiger partial charge in [0.2, 0.25) is 5.78 Å². The number of carbonyl (C=O) groups excluding carboxylic acids is 1. The van der Waals surface area contributed by atoms with Crippen molar-refractivity contribution < 1.29 is 4.79 Å². The molecule has 0 bridgehead atoms. The Balaban J connectivity index is 2.35. The molecule has 0 aliphatic carbocycles. The second-order valence-corrected chi connectivity index (χ2v) is 4.64. The van der Waals surface area contributed by atoms with Gasteiger partial charge >= 0.3 is 0 Å². The summed E-state index contributed by atoms with van der Waals surface area (Å²) >= 11 is 0. The molecule has 0 aliphatic rings. The number of ketones is 1. The molecule has 0 aliphatic heterocycles. The predicted molar refractivity (Wildman–Crippen MR) is 77.5 cm³/mol. The van der Waals surface area contributed by atoms with Crippen molar-refractivity contribution in [3.8, 4) is 0 Å². The van der Waals surface area contributed by atoms with E-state index < -0.39 is 0 Å². The number of hydrogen-bond acceptors (Lipinski definition) is 2. The van der Waals surface area contributed by atoms with Gasteiger partial charge in [-0.15, -0.1) is 0 Å². The zero-order chi connectivity index (χ0) is 13.7. The van der Waals surface area contributed by atoms with Gasteiger partial charge in [0.05, 0.1) is 0 Å². The van der Waals surface area contributed by atoms with E-state index in [1.807, 2.05) is 37.3 Å². The highest BCUT2D eigenvalue weighted by molar-refractivity contribution is 6.08. The Morgan fingerprint density at radius 3 is 2.74 bits per heavy atom. The first-order valence-electron chi connectivity index (χ1n) is 6.83. The van der Waals surface area contributed by atoms with Crippen molar-refractivity contribution >= 4 is 5.78 Å². The number of rotatable bonds is 5. The molecule has 2 rings (SSSR count). The predicted octanol–water partition coefficient (Wildman–Crippen LogP) is 3.83. The summed E-state index contributed by atoms with van der Waals surface area (Å²) in [5.74, 6) is 0.0235. The Hall–Kier alpha value is -1.96. The van der Waals surface area contributed by atoms with Gasteiger partial charge in [0, 0.05) is 11.8 Å². The summed E-state index contributed by atoms with van der Waals surface area (Å²) in [5.41, 5.74) is 3.54.